The molecule has 1 unspecified atom stereocenters. The molecular weight excluding hydrogens is 326 g/mol. The van der Waals surface area contributed by atoms with Gasteiger partial charge in [0.25, 0.3) is 0 Å². The van der Waals surface area contributed by atoms with E-state index in [2.05, 4.69) is 18.7 Å². The molecule has 2 aliphatic carbocycles. The third kappa shape index (κ3) is 2.28. The molecule has 1 fully saturated rings. The van der Waals surface area contributed by atoms with Crippen LogP contribution < -0.4 is 0 Å². The van der Waals surface area contributed by atoms with Gasteiger partial charge >= 0.3 is 5.97 Å². The normalized spacial score (nSPS) is 27.5. The minimum Gasteiger partial charge on any atom is -0.456 e. The summed E-state index contributed by atoms with van der Waals surface area (Å²) in [6.07, 6.45) is 3.64. The van der Waals surface area contributed by atoms with Crippen molar-refractivity contribution in [3.63, 3.8) is 0 Å². The van der Waals surface area contributed by atoms with Gasteiger partial charge in [-0.05, 0) is 30.2 Å². The number of ketones is 1. The van der Waals surface area contributed by atoms with Gasteiger partial charge in [0.1, 0.15) is 6.61 Å². The third-order valence-corrected chi connectivity index (χ3v) is 5.97. The summed E-state index contributed by atoms with van der Waals surface area (Å²) in [4.78, 5) is 28.2. The molecule has 5 rings (SSSR count). The number of allylic oxidation sites excluding steroid dienone is 2. The summed E-state index contributed by atoms with van der Waals surface area (Å²) in [5.74, 6) is -0.361. The highest BCUT2D eigenvalue weighted by Gasteiger charge is 2.51. The van der Waals surface area contributed by atoms with Gasteiger partial charge in [-0.25, -0.2) is 4.79 Å². The predicted octanol–water partition coefficient (Wildman–Crippen LogP) is 3.70. The Bertz CT molecular complexity index is 874. The lowest BCUT2D eigenvalue weighted by atomic mass is 9.68. The van der Waals surface area contributed by atoms with E-state index in [1.54, 1.807) is 0 Å². The molecule has 2 heterocycles. The molecule has 0 N–H and O–H groups in total. The van der Waals surface area contributed by atoms with Crippen molar-refractivity contribution in [2.75, 3.05) is 6.61 Å². The van der Waals surface area contributed by atoms with Gasteiger partial charge in [0.05, 0.1) is 11.3 Å². The van der Waals surface area contributed by atoms with Gasteiger partial charge in [-0.3, -0.25) is 4.79 Å². The van der Waals surface area contributed by atoms with Crippen LogP contribution in [-0.2, 0) is 14.3 Å². The fourth-order valence-corrected chi connectivity index (χ4v) is 4.79. The molecule has 0 spiro atoms. The van der Waals surface area contributed by atoms with Gasteiger partial charge in [-0.2, -0.15) is 0 Å². The number of ether oxygens (including phenoxy) is 1. The average Bonchev–Trinajstić information content (AvgIpc) is 3.36. The van der Waals surface area contributed by atoms with Crippen molar-refractivity contribution in [2.45, 2.75) is 51.5 Å². The lowest BCUT2D eigenvalue weighted by Gasteiger charge is -2.44. The van der Waals surface area contributed by atoms with Gasteiger partial charge in [0.15, 0.2) is 5.78 Å². The van der Waals surface area contributed by atoms with Crippen LogP contribution in [0, 0.1) is 5.41 Å². The Balaban J connectivity index is 1.75. The maximum absolute atomic E-state index is 13.3. The molecule has 0 radical (unpaired) electrons. The number of cyclic esters (lactones) is 1. The summed E-state index contributed by atoms with van der Waals surface area (Å²) < 4.78 is 5.46. The van der Waals surface area contributed by atoms with Crippen LogP contribution in [0.4, 0.5) is 0 Å². The van der Waals surface area contributed by atoms with Crippen LogP contribution in [0.15, 0.2) is 52.9 Å². The minimum absolute atomic E-state index is 0.0498. The van der Waals surface area contributed by atoms with E-state index in [-0.39, 0.29) is 23.1 Å². The van der Waals surface area contributed by atoms with Crippen molar-refractivity contribution in [1.29, 1.82) is 0 Å². The van der Waals surface area contributed by atoms with Gasteiger partial charge in [0.2, 0.25) is 0 Å². The third-order valence-electron chi connectivity index (χ3n) is 5.97. The molecule has 0 amide bonds. The quantitative estimate of drug-likeness (QED) is 0.764. The monoisotopic (exact) mass is 349 g/mol. The highest BCUT2D eigenvalue weighted by Crippen LogP contribution is 2.53. The number of esters is 1. The summed E-state index contributed by atoms with van der Waals surface area (Å²) in [5, 5.41) is 0. The van der Waals surface area contributed by atoms with Crippen LogP contribution in [0.1, 0.15) is 51.0 Å². The van der Waals surface area contributed by atoms with Crippen LogP contribution in [-0.4, -0.2) is 29.3 Å². The summed E-state index contributed by atoms with van der Waals surface area (Å²) in [6, 6.07) is 10.4. The molecule has 1 saturated carbocycles. The SMILES string of the molecule is CC1(C)CC(=O)C2=C(C1)N(C1CC1)C1=C(C(=O)OC1)C2c1ccccc1. The first-order chi connectivity index (χ1) is 12.5. The molecule has 0 saturated heterocycles. The van der Waals surface area contributed by atoms with Crippen molar-refractivity contribution >= 4 is 11.8 Å². The maximum Gasteiger partial charge on any atom is 0.337 e. The lowest BCUT2D eigenvalue weighted by Crippen LogP contribution is -2.41. The molecular formula is C22H23NO3. The first kappa shape index (κ1) is 15.9. The smallest absolute Gasteiger partial charge is 0.337 e. The average molecular weight is 349 g/mol. The van der Waals surface area contributed by atoms with E-state index in [1.165, 1.54) is 0 Å². The number of benzene rings is 1. The van der Waals surface area contributed by atoms with Crippen LogP contribution in [0.25, 0.3) is 0 Å². The zero-order valence-electron chi connectivity index (χ0n) is 15.2. The summed E-state index contributed by atoms with van der Waals surface area (Å²) in [6.45, 7) is 4.66. The first-order valence-corrected chi connectivity index (χ1v) is 9.47. The highest BCUT2D eigenvalue weighted by molar-refractivity contribution is 6.05. The van der Waals surface area contributed by atoms with E-state index in [0.717, 1.165) is 41.8 Å². The second kappa shape index (κ2) is 5.32. The van der Waals surface area contributed by atoms with E-state index >= 15 is 0 Å². The number of rotatable bonds is 2. The number of carbonyl (C=O) groups excluding carboxylic acids is 2. The molecule has 1 aromatic rings. The Kier molecular flexibility index (Phi) is 3.25. The molecule has 4 nitrogen and oxygen atoms in total. The largest absolute Gasteiger partial charge is 0.456 e. The molecule has 0 aromatic heterocycles. The molecule has 2 aliphatic heterocycles. The lowest BCUT2D eigenvalue weighted by molar-refractivity contribution is -0.136. The Morgan fingerprint density at radius 1 is 1.00 bits per heavy atom. The van der Waals surface area contributed by atoms with Crippen LogP contribution in [0.2, 0.25) is 0 Å². The number of hydrogen-bond acceptors (Lipinski definition) is 4. The molecule has 4 aliphatic rings. The topological polar surface area (TPSA) is 46.6 Å². The van der Waals surface area contributed by atoms with E-state index < -0.39 is 0 Å². The van der Waals surface area contributed by atoms with Crippen LogP contribution >= 0.6 is 0 Å². The minimum atomic E-state index is -0.283. The van der Waals surface area contributed by atoms with Crippen molar-refractivity contribution in [3.05, 3.63) is 58.4 Å². The Morgan fingerprint density at radius 3 is 2.42 bits per heavy atom. The maximum atomic E-state index is 13.3. The molecule has 134 valence electrons. The van der Waals surface area contributed by atoms with Crippen molar-refractivity contribution in [1.82, 2.24) is 4.90 Å². The van der Waals surface area contributed by atoms with Crippen molar-refractivity contribution < 1.29 is 14.3 Å². The highest BCUT2D eigenvalue weighted by atomic mass is 16.5. The molecule has 1 aromatic carbocycles. The molecule has 4 heteroatoms. The van der Waals surface area contributed by atoms with Crippen LogP contribution in [0.3, 0.4) is 0 Å². The van der Waals surface area contributed by atoms with E-state index in [0.29, 0.717) is 24.6 Å². The van der Waals surface area contributed by atoms with E-state index in [9.17, 15) is 9.59 Å². The Hall–Kier alpha value is -2.36. The fourth-order valence-electron chi connectivity index (χ4n) is 4.79. The number of nitrogens with zero attached hydrogens (tertiary/aromatic N) is 1. The zero-order chi connectivity index (χ0) is 18.1. The second-order valence-corrected chi connectivity index (χ2v) is 8.68. The van der Waals surface area contributed by atoms with Gasteiger partial charge in [-0.1, -0.05) is 44.2 Å². The Morgan fingerprint density at radius 2 is 1.73 bits per heavy atom. The predicted molar refractivity (Wildman–Crippen MR) is 97.1 cm³/mol. The number of carbonyl (C=O) groups is 2. The Labute approximate surface area is 153 Å². The summed E-state index contributed by atoms with van der Waals surface area (Å²) >= 11 is 0. The van der Waals surface area contributed by atoms with Gasteiger partial charge in [-0.15, -0.1) is 0 Å². The van der Waals surface area contributed by atoms with Crippen molar-refractivity contribution in [2.24, 2.45) is 5.41 Å². The molecule has 26 heavy (non-hydrogen) atoms. The number of Topliss-reactive ketones (excluding diaryl/α,β-unsaturated/α-hetero) is 1. The van der Waals surface area contributed by atoms with Crippen LogP contribution in [0.5, 0.6) is 0 Å². The summed E-state index contributed by atoms with van der Waals surface area (Å²) in [7, 11) is 0. The van der Waals surface area contributed by atoms with Gasteiger partial charge in [0, 0.05) is 29.7 Å². The zero-order valence-corrected chi connectivity index (χ0v) is 15.2. The standard InChI is InChI=1S/C22H23NO3/c1-22(2)10-15-19(17(24)11-22)18(13-6-4-3-5-7-13)20-16(12-26-21(20)25)23(15)14-8-9-14/h3-7,14,18H,8-12H2,1-2H3. The van der Waals surface area contributed by atoms with Crippen molar-refractivity contribution in [3.8, 4) is 0 Å². The first-order valence-electron chi connectivity index (χ1n) is 9.47. The molecule has 0 bridgehead atoms. The number of hydrogen-bond donors (Lipinski definition) is 0. The van der Waals surface area contributed by atoms with E-state index in [4.69, 9.17) is 4.74 Å². The summed E-state index contributed by atoms with van der Waals surface area (Å²) in [5.41, 5.74) is 4.62. The van der Waals surface area contributed by atoms with E-state index in [1.807, 2.05) is 30.3 Å². The van der Waals surface area contributed by atoms with Gasteiger partial charge < -0.3 is 9.64 Å². The second-order valence-electron chi connectivity index (χ2n) is 8.68. The molecule has 1 atom stereocenters. The fraction of sp³-hybridized carbons (Fsp3) is 0.455.